The molecule has 0 aliphatic carbocycles. The maximum atomic E-state index is 11.9. The molecule has 2 heterocycles. The zero-order valence-corrected chi connectivity index (χ0v) is 8.48. The number of nitrogens with zero attached hydrogens (tertiary/aromatic N) is 1. The summed E-state index contributed by atoms with van der Waals surface area (Å²) in [6.07, 6.45) is 4.34. The smallest absolute Gasteiger partial charge is 0.159 e. The Kier molecular flexibility index (Phi) is 2.79. The highest BCUT2D eigenvalue weighted by atomic mass is 16.5. The summed E-state index contributed by atoms with van der Waals surface area (Å²) in [7, 11) is 0. The van der Waals surface area contributed by atoms with Crippen molar-refractivity contribution in [2.75, 3.05) is 13.2 Å². The number of ether oxygens (including phenoxy) is 1. The van der Waals surface area contributed by atoms with E-state index in [1.54, 1.807) is 12.4 Å². The molecule has 0 aromatic carbocycles. The van der Waals surface area contributed by atoms with Gasteiger partial charge in [-0.15, -0.1) is 0 Å². The molecule has 80 valence electrons. The van der Waals surface area contributed by atoms with Crippen LogP contribution in [0.3, 0.4) is 0 Å². The number of aromatic nitrogens is 1. The standard InChI is InChI=1S/C11H14N2O2/c12-11(3-5-15-8-11)10(14)6-9-2-1-4-13-7-9/h1-2,4,7H,3,5-6,8,12H2. The van der Waals surface area contributed by atoms with Crippen molar-refractivity contribution in [3.8, 4) is 0 Å². The Labute approximate surface area is 88.4 Å². The van der Waals surface area contributed by atoms with Gasteiger partial charge in [0.2, 0.25) is 0 Å². The van der Waals surface area contributed by atoms with Gasteiger partial charge in [-0.1, -0.05) is 6.07 Å². The topological polar surface area (TPSA) is 65.2 Å². The van der Waals surface area contributed by atoms with Crippen molar-refractivity contribution < 1.29 is 9.53 Å². The van der Waals surface area contributed by atoms with Crippen LogP contribution in [-0.2, 0) is 16.0 Å². The summed E-state index contributed by atoms with van der Waals surface area (Å²) < 4.78 is 5.16. The van der Waals surface area contributed by atoms with Crippen LogP contribution in [-0.4, -0.2) is 29.5 Å². The molecule has 15 heavy (non-hydrogen) atoms. The van der Waals surface area contributed by atoms with Crippen molar-refractivity contribution >= 4 is 5.78 Å². The van der Waals surface area contributed by atoms with Gasteiger partial charge < -0.3 is 10.5 Å². The Balaban J connectivity index is 2.04. The molecule has 0 radical (unpaired) electrons. The maximum absolute atomic E-state index is 11.9. The van der Waals surface area contributed by atoms with Crippen molar-refractivity contribution in [1.82, 2.24) is 4.98 Å². The molecule has 1 aliphatic rings. The fourth-order valence-corrected chi connectivity index (χ4v) is 1.66. The van der Waals surface area contributed by atoms with E-state index in [1.165, 1.54) is 0 Å². The first-order chi connectivity index (χ1) is 7.21. The van der Waals surface area contributed by atoms with Crippen LogP contribution in [0.5, 0.6) is 0 Å². The third kappa shape index (κ3) is 2.22. The van der Waals surface area contributed by atoms with Crippen molar-refractivity contribution in [2.24, 2.45) is 5.73 Å². The average Bonchev–Trinajstić information content (AvgIpc) is 2.68. The van der Waals surface area contributed by atoms with Crippen LogP contribution in [0.1, 0.15) is 12.0 Å². The van der Waals surface area contributed by atoms with Gasteiger partial charge in [0.15, 0.2) is 5.78 Å². The first kappa shape index (κ1) is 10.3. The van der Waals surface area contributed by atoms with Crippen molar-refractivity contribution in [1.29, 1.82) is 0 Å². The molecule has 1 aromatic rings. The summed E-state index contributed by atoms with van der Waals surface area (Å²) in [6.45, 7) is 0.918. The lowest BCUT2D eigenvalue weighted by atomic mass is 9.90. The molecule has 1 saturated heterocycles. The van der Waals surface area contributed by atoms with Gasteiger partial charge in [0.05, 0.1) is 6.61 Å². The number of Topliss-reactive ketones (excluding diaryl/α,β-unsaturated/α-hetero) is 1. The van der Waals surface area contributed by atoms with Gasteiger partial charge in [-0.05, 0) is 18.1 Å². The summed E-state index contributed by atoms with van der Waals surface area (Å²) in [5.74, 6) is 0.0352. The lowest BCUT2D eigenvalue weighted by Gasteiger charge is -2.19. The second-order valence-electron chi connectivity index (χ2n) is 3.92. The molecule has 1 atom stereocenters. The number of carbonyl (C=O) groups is 1. The molecule has 4 nitrogen and oxygen atoms in total. The molecule has 0 bridgehead atoms. The first-order valence-corrected chi connectivity index (χ1v) is 4.99. The minimum Gasteiger partial charge on any atom is -0.379 e. The van der Waals surface area contributed by atoms with Crippen LogP contribution >= 0.6 is 0 Å². The minimum absolute atomic E-state index is 0.0352. The molecule has 2 rings (SSSR count). The van der Waals surface area contributed by atoms with Crippen LogP contribution < -0.4 is 5.73 Å². The fourth-order valence-electron chi connectivity index (χ4n) is 1.66. The van der Waals surface area contributed by atoms with E-state index in [2.05, 4.69) is 4.98 Å². The average molecular weight is 206 g/mol. The predicted molar refractivity (Wildman–Crippen MR) is 55.3 cm³/mol. The van der Waals surface area contributed by atoms with Crippen LogP contribution in [0.2, 0.25) is 0 Å². The van der Waals surface area contributed by atoms with E-state index in [0.717, 1.165) is 5.56 Å². The summed E-state index contributed by atoms with van der Waals surface area (Å²) in [6, 6.07) is 3.70. The number of ketones is 1. The van der Waals surface area contributed by atoms with Gasteiger partial charge in [-0.2, -0.15) is 0 Å². The van der Waals surface area contributed by atoms with E-state index in [9.17, 15) is 4.79 Å². The molecule has 4 heteroatoms. The van der Waals surface area contributed by atoms with Crippen LogP contribution in [0.4, 0.5) is 0 Å². The van der Waals surface area contributed by atoms with Crippen molar-refractivity contribution in [2.45, 2.75) is 18.4 Å². The number of pyridine rings is 1. The fraction of sp³-hybridized carbons (Fsp3) is 0.455. The molecule has 1 aliphatic heterocycles. The Morgan fingerprint density at radius 1 is 1.67 bits per heavy atom. The maximum Gasteiger partial charge on any atom is 0.159 e. The predicted octanol–water partition coefficient (Wildman–Crippen LogP) is 0.311. The zero-order chi connectivity index (χ0) is 10.7. The van der Waals surface area contributed by atoms with E-state index >= 15 is 0 Å². The normalized spacial score (nSPS) is 25.4. The zero-order valence-electron chi connectivity index (χ0n) is 8.48. The monoisotopic (exact) mass is 206 g/mol. The highest BCUT2D eigenvalue weighted by Crippen LogP contribution is 2.18. The second kappa shape index (κ2) is 4.08. The van der Waals surface area contributed by atoms with Gasteiger partial charge in [0, 0.05) is 25.4 Å². The first-order valence-electron chi connectivity index (χ1n) is 4.99. The minimum atomic E-state index is -0.782. The number of rotatable bonds is 3. The molecule has 0 spiro atoms. The van der Waals surface area contributed by atoms with Gasteiger partial charge >= 0.3 is 0 Å². The summed E-state index contributed by atoms with van der Waals surface area (Å²) in [4.78, 5) is 15.9. The molecule has 1 aromatic heterocycles. The van der Waals surface area contributed by atoms with Crippen LogP contribution in [0.25, 0.3) is 0 Å². The lowest BCUT2D eigenvalue weighted by Crippen LogP contribution is -2.49. The van der Waals surface area contributed by atoms with Crippen LogP contribution in [0.15, 0.2) is 24.5 Å². The summed E-state index contributed by atoms with van der Waals surface area (Å²) in [5.41, 5.74) is 6.08. The van der Waals surface area contributed by atoms with E-state index < -0.39 is 5.54 Å². The Hall–Kier alpha value is -1.26. The summed E-state index contributed by atoms with van der Waals surface area (Å²) in [5, 5.41) is 0. The number of hydrogen-bond donors (Lipinski definition) is 1. The van der Waals surface area contributed by atoms with E-state index in [0.29, 0.717) is 26.1 Å². The quantitative estimate of drug-likeness (QED) is 0.773. The lowest BCUT2D eigenvalue weighted by molar-refractivity contribution is -0.123. The number of hydrogen-bond acceptors (Lipinski definition) is 4. The van der Waals surface area contributed by atoms with Gasteiger partial charge in [-0.3, -0.25) is 9.78 Å². The van der Waals surface area contributed by atoms with Crippen molar-refractivity contribution in [3.63, 3.8) is 0 Å². The van der Waals surface area contributed by atoms with Gasteiger partial charge in [0.1, 0.15) is 5.54 Å². The van der Waals surface area contributed by atoms with E-state index in [1.807, 2.05) is 12.1 Å². The Morgan fingerprint density at radius 2 is 2.53 bits per heavy atom. The van der Waals surface area contributed by atoms with Gasteiger partial charge in [0.25, 0.3) is 0 Å². The molecular weight excluding hydrogens is 192 g/mol. The van der Waals surface area contributed by atoms with Crippen molar-refractivity contribution in [3.05, 3.63) is 30.1 Å². The second-order valence-corrected chi connectivity index (χ2v) is 3.92. The molecule has 0 saturated carbocycles. The third-order valence-electron chi connectivity index (χ3n) is 2.69. The van der Waals surface area contributed by atoms with Crippen LogP contribution in [0, 0.1) is 0 Å². The number of nitrogens with two attached hydrogens (primary N) is 1. The number of carbonyl (C=O) groups excluding carboxylic acids is 1. The van der Waals surface area contributed by atoms with Gasteiger partial charge in [-0.25, -0.2) is 0 Å². The van der Waals surface area contributed by atoms with E-state index in [-0.39, 0.29) is 5.78 Å². The largest absolute Gasteiger partial charge is 0.379 e. The molecule has 2 N–H and O–H groups in total. The molecule has 1 unspecified atom stereocenters. The molecular formula is C11H14N2O2. The Morgan fingerprint density at radius 3 is 3.13 bits per heavy atom. The van der Waals surface area contributed by atoms with E-state index in [4.69, 9.17) is 10.5 Å². The SMILES string of the molecule is NC1(C(=O)Cc2cccnc2)CCOC1. The molecule has 1 fully saturated rings. The highest BCUT2D eigenvalue weighted by molar-refractivity contribution is 5.90. The third-order valence-corrected chi connectivity index (χ3v) is 2.69. The molecule has 0 amide bonds. The summed E-state index contributed by atoms with van der Waals surface area (Å²) >= 11 is 0. The highest BCUT2D eigenvalue weighted by Gasteiger charge is 2.37. The Bertz CT molecular complexity index is 345.